The summed E-state index contributed by atoms with van der Waals surface area (Å²) in [5.74, 6) is -0.0918. The molecule has 1 aromatic carbocycles. The van der Waals surface area contributed by atoms with Crippen LogP contribution in [0.2, 0.25) is 5.02 Å². The molecule has 0 bridgehead atoms. The maximum Gasteiger partial charge on any atom is 0.272 e. The van der Waals surface area contributed by atoms with Gasteiger partial charge in [-0.15, -0.1) is 0 Å². The summed E-state index contributed by atoms with van der Waals surface area (Å²) in [5.41, 5.74) is 1.30. The molecule has 1 unspecified atom stereocenters. The van der Waals surface area contributed by atoms with Crippen LogP contribution < -0.4 is 0 Å². The highest BCUT2D eigenvalue weighted by molar-refractivity contribution is 6.30. The number of likely N-dealkylation sites (tertiary alicyclic amines) is 2. The van der Waals surface area contributed by atoms with Gasteiger partial charge in [0.25, 0.3) is 5.91 Å². The first-order chi connectivity index (χ1) is 12.5. The van der Waals surface area contributed by atoms with Crippen molar-refractivity contribution in [2.45, 2.75) is 31.2 Å². The molecule has 3 heterocycles. The number of piperidine rings is 1. The van der Waals surface area contributed by atoms with E-state index in [0.29, 0.717) is 23.0 Å². The molecule has 2 amide bonds. The van der Waals surface area contributed by atoms with Gasteiger partial charge >= 0.3 is 0 Å². The topological polar surface area (TPSA) is 69.3 Å². The largest absolute Gasteiger partial charge is 0.344 e. The first kappa shape index (κ1) is 17.1. The highest BCUT2D eigenvalue weighted by atomic mass is 35.5. The lowest BCUT2D eigenvalue weighted by atomic mass is 9.85. The number of benzene rings is 1. The summed E-state index contributed by atoms with van der Waals surface area (Å²) in [6.07, 6.45) is 3.24. The fraction of sp³-hybridized carbons (Fsp3) is 0.421. The molecule has 136 valence electrons. The minimum Gasteiger partial charge on any atom is -0.344 e. The molecule has 7 heteroatoms. The highest BCUT2D eigenvalue weighted by Crippen LogP contribution is 2.38. The summed E-state index contributed by atoms with van der Waals surface area (Å²) in [7, 11) is 1.82. The van der Waals surface area contributed by atoms with E-state index in [1.807, 2.05) is 19.2 Å². The number of nitrogens with one attached hydrogen (secondary N) is 1. The third kappa shape index (κ3) is 2.69. The summed E-state index contributed by atoms with van der Waals surface area (Å²) < 4.78 is 0. The molecule has 26 heavy (non-hydrogen) atoms. The van der Waals surface area contributed by atoms with Crippen LogP contribution in [0.25, 0.3) is 11.3 Å². The Hall–Kier alpha value is -2.34. The lowest BCUT2D eigenvalue weighted by molar-refractivity contribution is -0.144. The number of hydrogen-bond acceptors (Lipinski definition) is 3. The number of aromatic nitrogens is 2. The van der Waals surface area contributed by atoms with Gasteiger partial charge in [0.05, 0.1) is 5.69 Å². The minimum absolute atomic E-state index is 0.0621. The van der Waals surface area contributed by atoms with Gasteiger partial charge in [-0.05, 0) is 43.9 Å². The first-order valence-electron chi connectivity index (χ1n) is 8.90. The van der Waals surface area contributed by atoms with E-state index in [2.05, 4.69) is 10.2 Å². The van der Waals surface area contributed by atoms with Gasteiger partial charge in [-0.1, -0.05) is 23.7 Å². The van der Waals surface area contributed by atoms with E-state index >= 15 is 0 Å². The van der Waals surface area contributed by atoms with Crippen LogP contribution in [-0.2, 0) is 4.79 Å². The molecule has 2 aliphatic rings. The normalized spacial score (nSPS) is 23.1. The number of carbonyl (C=O) groups is 2. The van der Waals surface area contributed by atoms with Gasteiger partial charge in [0.1, 0.15) is 11.2 Å². The molecule has 1 spiro atoms. The minimum atomic E-state index is -0.685. The van der Waals surface area contributed by atoms with Crippen LogP contribution in [0.15, 0.2) is 30.3 Å². The lowest BCUT2D eigenvalue weighted by Gasteiger charge is -2.43. The number of halogens is 1. The molecule has 2 aromatic rings. The average Bonchev–Trinajstić information content (AvgIpc) is 3.28. The zero-order valence-corrected chi connectivity index (χ0v) is 15.4. The van der Waals surface area contributed by atoms with Crippen molar-refractivity contribution < 1.29 is 9.59 Å². The zero-order valence-electron chi connectivity index (χ0n) is 14.7. The Morgan fingerprint density at radius 1 is 1.19 bits per heavy atom. The molecule has 1 aromatic heterocycles. The summed E-state index contributed by atoms with van der Waals surface area (Å²) in [6, 6.07) is 9.06. The second-order valence-corrected chi connectivity index (χ2v) is 7.53. The van der Waals surface area contributed by atoms with E-state index in [-0.39, 0.29) is 11.8 Å². The van der Waals surface area contributed by atoms with Gasteiger partial charge in [-0.25, -0.2) is 0 Å². The van der Waals surface area contributed by atoms with Crippen molar-refractivity contribution in [3.63, 3.8) is 0 Å². The van der Waals surface area contributed by atoms with Gasteiger partial charge < -0.3 is 9.80 Å². The SMILES string of the molecule is CN1CCCC2(CCCN2C(=O)c2cc(-c3ccc(Cl)cc3)n[nH]2)C1=O. The van der Waals surface area contributed by atoms with Crippen LogP contribution >= 0.6 is 11.6 Å². The average molecular weight is 373 g/mol. The summed E-state index contributed by atoms with van der Waals surface area (Å²) >= 11 is 5.92. The number of rotatable bonds is 2. The number of hydrogen-bond donors (Lipinski definition) is 1. The van der Waals surface area contributed by atoms with E-state index in [9.17, 15) is 9.59 Å². The molecule has 0 radical (unpaired) electrons. The van der Waals surface area contributed by atoms with Gasteiger partial charge in [-0.3, -0.25) is 14.7 Å². The smallest absolute Gasteiger partial charge is 0.272 e. The Morgan fingerprint density at radius 2 is 1.88 bits per heavy atom. The van der Waals surface area contributed by atoms with Crippen LogP contribution in [0, 0.1) is 0 Å². The van der Waals surface area contributed by atoms with Crippen LogP contribution in [0.1, 0.15) is 36.2 Å². The Kier molecular flexibility index (Phi) is 4.23. The molecular weight excluding hydrogens is 352 g/mol. The summed E-state index contributed by atoms with van der Waals surface area (Å²) in [4.78, 5) is 29.5. The Morgan fingerprint density at radius 3 is 2.62 bits per heavy atom. The van der Waals surface area contributed by atoms with E-state index < -0.39 is 5.54 Å². The molecule has 2 saturated heterocycles. The third-order valence-corrected chi connectivity index (χ3v) is 5.76. The van der Waals surface area contributed by atoms with Crippen molar-refractivity contribution in [2.75, 3.05) is 20.1 Å². The van der Waals surface area contributed by atoms with Crippen molar-refractivity contribution in [2.24, 2.45) is 0 Å². The lowest BCUT2D eigenvalue weighted by Crippen LogP contribution is -2.60. The molecule has 2 fully saturated rings. The monoisotopic (exact) mass is 372 g/mol. The predicted octanol–water partition coefficient (Wildman–Crippen LogP) is 2.96. The fourth-order valence-corrected chi connectivity index (χ4v) is 4.30. The van der Waals surface area contributed by atoms with Crippen LogP contribution in [0.3, 0.4) is 0 Å². The second kappa shape index (κ2) is 6.43. The molecule has 2 aliphatic heterocycles. The van der Waals surface area contributed by atoms with Crippen molar-refractivity contribution >= 4 is 23.4 Å². The number of likely N-dealkylation sites (N-methyl/N-ethyl adjacent to an activating group) is 1. The number of amides is 2. The highest BCUT2D eigenvalue weighted by Gasteiger charge is 2.52. The number of nitrogens with zero attached hydrogens (tertiary/aromatic N) is 3. The van der Waals surface area contributed by atoms with E-state index in [4.69, 9.17) is 11.6 Å². The van der Waals surface area contributed by atoms with Crippen LogP contribution in [0.5, 0.6) is 0 Å². The second-order valence-electron chi connectivity index (χ2n) is 7.10. The van der Waals surface area contributed by atoms with E-state index in [0.717, 1.165) is 37.8 Å². The van der Waals surface area contributed by atoms with Crippen molar-refractivity contribution in [3.05, 3.63) is 41.0 Å². The van der Waals surface area contributed by atoms with Crippen molar-refractivity contribution in [1.29, 1.82) is 0 Å². The van der Waals surface area contributed by atoms with Gasteiger partial charge in [0.15, 0.2) is 0 Å². The maximum atomic E-state index is 13.1. The van der Waals surface area contributed by atoms with Crippen molar-refractivity contribution in [1.82, 2.24) is 20.0 Å². The molecule has 1 atom stereocenters. The fourth-order valence-electron chi connectivity index (χ4n) is 4.17. The molecule has 6 nitrogen and oxygen atoms in total. The first-order valence-corrected chi connectivity index (χ1v) is 9.28. The summed E-state index contributed by atoms with van der Waals surface area (Å²) in [5, 5.41) is 7.76. The molecule has 0 aliphatic carbocycles. The van der Waals surface area contributed by atoms with E-state index in [1.165, 1.54) is 0 Å². The maximum absolute atomic E-state index is 13.1. The van der Waals surface area contributed by atoms with Crippen molar-refractivity contribution in [3.8, 4) is 11.3 Å². The quantitative estimate of drug-likeness (QED) is 0.881. The zero-order chi connectivity index (χ0) is 18.3. The number of carbonyl (C=O) groups excluding carboxylic acids is 2. The Balaban J connectivity index is 1.61. The number of aromatic amines is 1. The molecule has 4 rings (SSSR count). The Labute approximate surface area is 157 Å². The summed E-state index contributed by atoms with van der Waals surface area (Å²) in [6.45, 7) is 1.36. The Bertz CT molecular complexity index is 847. The standard InChI is InChI=1S/C19H21ClN4O2/c1-23-10-2-8-19(18(23)26)9-3-11-24(19)17(25)16-12-15(21-22-16)13-4-6-14(20)7-5-13/h4-7,12H,2-3,8-11H2,1H3,(H,21,22). The van der Waals surface area contributed by atoms with Gasteiger partial charge in [0.2, 0.25) is 5.91 Å². The van der Waals surface area contributed by atoms with Gasteiger partial charge in [-0.2, -0.15) is 5.10 Å². The third-order valence-electron chi connectivity index (χ3n) is 5.51. The molecule has 1 N–H and O–H groups in total. The van der Waals surface area contributed by atoms with Gasteiger partial charge in [0, 0.05) is 30.7 Å². The molecule has 0 saturated carbocycles. The molecular formula is C19H21ClN4O2. The van der Waals surface area contributed by atoms with E-state index in [1.54, 1.807) is 28.0 Å². The van der Waals surface area contributed by atoms with Crippen LogP contribution in [0.4, 0.5) is 0 Å². The number of H-pyrrole nitrogens is 1. The predicted molar refractivity (Wildman–Crippen MR) is 98.9 cm³/mol. The van der Waals surface area contributed by atoms with Crippen LogP contribution in [-0.4, -0.2) is 57.5 Å².